The lowest BCUT2D eigenvalue weighted by atomic mass is 9.78. The van der Waals surface area contributed by atoms with E-state index in [1.165, 1.54) is 19.3 Å². The predicted octanol–water partition coefficient (Wildman–Crippen LogP) is 2.72. The van der Waals surface area contributed by atoms with Crippen LogP contribution in [-0.4, -0.2) is 32.9 Å². The van der Waals surface area contributed by atoms with Gasteiger partial charge in [-0.15, -0.1) is 0 Å². The van der Waals surface area contributed by atoms with E-state index in [-0.39, 0.29) is 11.9 Å². The van der Waals surface area contributed by atoms with Crippen molar-refractivity contribution in [3.8, 4) is 0 Å². The van der Waals surface area contributed by atoms with Gasteiger partial charge in [-0.25, -0.2) is 0 Å². The van der Waals surface area contributed by atoms with Crippen molar-refractivity contribution >= 4 is 5.91 Å². The van der Waals surface area contributed by atoms with Crippen molar-refractivity contribution in [3.63, 3.8) is 0 Å². The molecule has 2 aliphatic carbocycles. The first-order chi connectivity index (χ1) is 12.2. The van der Waals surface area contributed by atoms with Crippen LogP contribution in [0.1, 0.15) is 53.9 Å². The molecule has 0 radical (unpaired) electrons. The Hall–Kier alpha value is -2.14. The quantitative estimate of drug-likeness (QED) is 0.880. The standard InChI is InChI=1S/C20H25N3O2/c24-19-12-14(13-23-10-4-9-21-23)11-18(19)22-20(25)17-8-2-1-7-16(17)15-5-3-6-15/h1-2,4,7-10,14-15,18-19,24H,3,5-6,11-13H2,(H,22,25)/t14?,18-,19-/m1/s1. The average molecular weight is 339 g/mol. The van der Waals surface area contributed by atoms with Crippen molar-refractivity contribution in [3.05, 3.63) is 53.9 Å². The number of hydrogen-bond donors (Lipinski definition) is 2. The number of carbonyl (C=O) groups excluding carboxylic acids is 1. The summed E-state index contributed by atoms with van der Waals surface area (Å²) >= 11 is 0. The van der Waals surface area contributed by atoms with E-state index in [0.29, 0.717) is 18.3 Å². The first-order valence-corrected chi connectivity index (χ1v) is 9.26. The molecular formula is C20H25N3O2. The summed E-state index contributed by atoms with van der Waals surface area (Å²) in [5.41, 5.74) is 1.93. The molecule has 2 aliphatic rings. The van der Waals surface area contributed by atoms with Crippen LogP contribution in [0.5, 0.6) is 0 Å². The smallest absolute Gasteiger partial charge is 0.251 e. The number of amides is 1. The maximum Gasteiger partial charge on any atom is 0.251 e. The number of aliphatic hydroxyl groups excluding tert-OH is 1. The van der Waals surface area contributed by atoms with Gasteiger partial charge in [0.2, 0.25) is 0 Å². The highest BCUT2D eigenvalue weighted by Crippen LogP contribution is 2.38. The topological polar surface area (TPSA) is 67.2 Å². The zero-order chi connectivity index (χ0) is 17.2. The van der Waals surface area contributed by atoms with Crippen LogP contribution in [-0.2, 0) is 6.54 Å². The van der Waals surface area contributed by atoms with Crippen molar-refractivity contribution in [2.24, 2.45) is 5.92 Å². The van der Waals surface area contributed by atoms with Crippen molar-refractivity contribution in [1.82, 2.24) is 15.1 Å². The van der Waals surface area contributed by atoms with Gasteiger partial charge >= 0.3 is 0 Å². The lowest BCUT2D eigenvalue weighted by Gasteiger charge is -2.28. The Morgan fingerprint density at radius 1 is 1.24 bits per heavy atom. The van der Waals surface area contributed by atoms with Gasteiger partial charge in [0.05, 0.1) is 12.1 Å². The number of nitrogens with one attached hydrogen (secondary N) is 1. The van der Waals surface area contributed by atoms with Crippen LogP contribution >= 0.6 is 0 Å². The van der Waals surface area contributed by atoms with E-state index in [1.807, 2.05) is 35.1 Å². The minimum absolute atomic E-state index is 0.0497. The Labute approximate surface area is 148 Å². The average Bonchev–Trinajstić information content (AvgIpc) is 3.17. The van der Waals surface area contributed by atoms with Crippen LogP contribution in [0, 0.1) is 5.92 Å². The number of hydrogen-bond acceptors (Lipinski definition) is 3. The fourth-order valence-electron chi connectivity index (χ4n) is 4.12. The molecule has 1 heterocycles. The summed E-state index contributed by atoms with van der Waals surface area (Å²) < 4.78 is 1.90. The highest BCUT2D eigenvalue weighted by Gasteiger charge is 2.35. The van der Waals surface area contributed by atoms with Gasteiger partial charge in [0.1, 0.15) is 0 Å². The fourth-order valence-corrected chi connectivity index (χ4v) is 4.12. The second kappa shape index (κ2) is 7.00. The molecule has 3 atom stereocenters. The van der Waals surface area contributed by atoms with E-state index in [0.717, 1.165) is 24.1 Å². The molecule has 5 nitrogen and oxygen atoms in total. The van der Waals surface area contributed by atoms with Gasteiger partial charge < -0.3 is 10.4 Å². The van der Waals surface area contributed by atoms with Crippen molar-refractivity contribution in [1.29, 1.82) is 0 Å². The summed E-state index contributed by atoms with van der Waals surface area (Å²) in [6.07, 6.45) is 8.30. The molecule has 1 aromatic carbocycles. The van der Waals surface area contributed by atoms with Gasteiger partial charge in [-0.05, 0) is 55.2 Å². The van der Waals surface area contributed by atoms with Gasteiger partial charge in [0, 0.05) is 24.5 Å². The Bertz CT molecular complexity index is 724. The second-order valence-corrected chi connectivity index (χ2v) is 7.43. The number of benzene rings is 1. The van der Waals surface area contributed by atoms with E-state index in [1.54, 1.807) is 6.20 Å². The zero-order valence-corrected chi connectivity index (χ0v) is 14.3. The normalized spacial score (nSPS) is 26.4. The summed E-state index contributed by atoms with van der Waals surface area (Å²) in [6, 6.07) is 9.64. The number of aromatic nitrogens is 2. The van der Waals surface area contributed by atoms with E-state index in [9.17, 15) is 9.90 Å². The molecule has 0 bridgehead atoms. The number of aliphatic hydroxyl groups is 1. The molecule has 1 amide bonds. The van der Waals surface area contributed by atoms with E-state index in [2.05, 4.69) is 16.5 Å². The molecule has 0 spiro atoms. The van der Waals surface area contributed by atoms with Gasteiger partial charge in [-0.1, -0.05) is 24.6 Å². The van der Waals surface area contributed by atoms with E-state index in [4.69, 9.17) is 0 Å². The molecule has 25 heavy (non-hydrogen) atoms. The zero-order valence-electron chi connectivity index (χ0n) is 14.3. The highest BCUT2D eigenvalue weighted by molar-refractivity contribution is 5.96. The minimum Gasteiger partial charge on any atom is -0.391 e. The largest absolute Gasteiger partial charge is 0.391 e. The maximum atomic E-state index is 12.8. The second-order valence-electron chi connectivity index (χ2n) is 7.43. The van der Waals surface area contributed by atoms with Crippen molar-refractivity contribution < 1.29 is 9.90 Å². The van der Waals surface area contributed by atoms with Gasteiger partial charge in [-0.3, -0.25) is 9.48 Å². The minimum atomic E-state index is -0.486. The molecule has 2 N–H and O–H groups in total. The summed E-state index contributed by atoms with van der Waals surface area (Å²) in [6.45, 7) is 0.787. The van der Waals surface area contributed by atoms with E-state index >= 15 is 0 Å². The third kappa shape index (κ3) is 3.47. The molecule has 4 rings (SSSR count). The lowest BCUT2D eigenvalue weighted by molar-refractivity contribution is 0.0870. The summed E-state index contributed by atoms with van der Waals surface area (Å²) in [5, 5.41) is 17.7. The third-order valence-corrected chi connectivity index (χ3v) is 5.70. The number of carbonyl (C=O) groups is 1. The lowest BCUT2D eigenvalue weighted by Crippen LogP contribution is -2.40. The van der Waals surface area contributed by atoms with Gasteiger partial charge in [-0.2, -0.15) is 5.10 Å². The molecule has 132 valence electrons. The van der Waals surface area contributed by atoms with Crippen LogP contribution < -0.4 is 5.32 Å². The number of nitrogens with zero attached hydrogens (tertiary/aromatic N) is 2. The highest BCUT2D eigenvalue weighted by atomic mass is 16.3. The predicted molar refractivity (Wildman–Crippen MR) is 95.2 cm³/mol. The monoisotopic (exact) mass is 339 g/mol. The fraction of sp³-hybridized carbons (Fsp3) is 0.500. The third-order valence-electron chi connectivity index (χ3n) is 5.70. The molecule has 5 heteroatoms. The van der Waals surface area contributed by atoms with Crippen LogP contribution in [0.3, 0.4) is 0 Å². The summed E-state index contributed by atoms with van der Waals surface area (Å²) in [5.74, 6) is 0.802. The Kier molecular flexibility index (Phi) is 4.57. The summed E-state index contributed by atoms with van der Waals surface area (Å²) in [4.78, 5) is 12.8. The Balaban J connectivity index is 1.41. The molecule has 2 saturated carbocycles. The molecular weight excluding hydrogens is 314 g/mol. The van der Waals surface area contributed by atoms with Crippen LogP contribution in [0.25, 0.3) is 0 Å². The van der Waals surface area contributed by atoms with Crippen molar-refractivity contribution in [2.45, 2.75) is 56.7 Å². The van der Waals surface area contributed by atoms with E-state index < -0.39 is 6.10 Å². The molecule has 0 saturated heterocycles. The SMILES string of the molecule is O=C(N[C@@H]1CC(Cn2cccn2)C[C@H]1O)c1ccccc1C1CCC1. The Morgan fingerprint density at radius 2 is 2.08 bits per heavy atom. The first kappa shape index (κ1) is 16.3. The van der Waals surface area contributed by atoms with Crippen molar-refractivity contribution in [2.75, 3.05) is 0 Å². The maximum absolute atomic E-state index is 12.8. The molecule has 2 fully saturated rings. The molecule has 0 aliphatic heterocycles. The van der Waals surface area contributed by atoms with Crippen LogP contribution in [0.15, 0.2) is 42.7 Å². The first-order valence-electron chi connectivity index (χ1n) is 9.26. The molecule has 1 aromatic heterocycles. The molecule has 2 aromatic rings. The number of rotatable bonds is 5. The summed E-state index contributed by atoms with van der Waals surface area (Å²) in [7, 11) is 0. The van der Waals surface area contributed by atoms with Gasteiger partial charge in [0.25, 0.3) is 5.91 Å². The van der Waals surface area contributed by atoms with Crippen LogP contribution in [0.2, 0.25) is 0 Å². The Morgan fingerprint density at radius 3 is 2.80 bits per heavy atom. The van der Waals surface area contributed by atoms with Crippen LogP contribution in [0.4, 0.5) is 0 Å². The molecule has 1 unspecified atom stereocenters. The van der Waals surface area contributed by atoms with Gasteiger partial charge in [0.15, 0.2) is 0 Å².